The molecule has 0 unspecified atom stereocenters. The summed E-state index contributed by atoms with van der Waals surface area (Å²) in [7, 11) is 0. The molecule has 0 aliphatic rings. The maximum absolute atomic E-state index is 11.5. The molecule has 0 bridgehead atoms. The minimum Gasteiger partial charge on any atom is -0.481 e. The molecule has 0 amide bonds. The van der Waals surface area contributed by atoms with Gasteiger partial charge in [0.25, 0.3) is 0 Å². The summed E-state index contributed by atoms with van der Waals surface area (Å²) >= 11 is 3.21. The Morgan fingerprint density at radius 1 is 1.50 bits per heavy atom. The largest absolute Gasteiger partial charge is 0.481 e. The van der Waals surface area contributed by atoms with Crippen LogP contribution in [-0.4, -0.2) is 17.7 Å². The molecule has 2 aromatic rings. The lowest BCUT2D eigenvalue weighted by molar-refractivity contribution is -0.139. The number of rotatable bonds is 4. The fourth-order valence-corrected chi connectivity index (χ4v) is 1.95. The summed E-state index contributed by atoms with van der Waals surface area (Å²) in [6.07, 6.45) is 0. The van der Waals surface area contributed by atoms with Gasteiger partial charge in [-0.1, -0.05) is 5.11 Å². The molecule has 0 saturated heterocycles. The molecule has 1 heterocycles. The standard InChI is InChI=1S/C11H6BrN3O5/c12-6-1-5-2-7(14-15-13)11(18)20-8(5)3-9(6)19-4-10(16)17/h1-3H,4H2,(H,16,17). The van der Waals surface area contributed by atoms with Crippen molar-refractivity contribution in [2.45, 2.75) is 0 Å². The van der Waals surface area contributed by atoms with E-state index in [-0.39, 0.29) is 17.0 Å². The van der Waals surface area contributed by atoms with Gasteiger partial charge in [0.1, 0.15) is 17.0 Å². The van der Waals surface area contributed by atoms with E-state index in [1.165, 1.54) is 12.1 Å². The molecule has 102 valence electrons. The number of halogens is 1. The van der Waals surface area contributed by atoms with Gasteiger partial charge < -0.3 is 14.3 Å². The Morgan fingerprint density at radius 3 is 2.90 bits per heavy atom. The van der Waals surface area contributed by atoms with Crippen molar-refractivity contribution in [1.82, 2.24) is 0 Å². The number of hydrogen-bond acceptors (Lipinski definition) is 5. The summed E-state index contributed by atoms with van der Waals surface area (Å²) in [5.74, 6) is -0.906. The van der Waals surface area contributed by atoms with Crippen LogP contribution < -0.4 is 10.4 Å². The maximum Gasteiger partial charge on any atom is 0.345 e. The van der Waals surface area contributed by atoms with E-state index >= 15 is 0 Å². The molecular formula is C11H6BrN3O5. The van der Waals surface area contributed by atoms with Crippen LogP contribution in [0.3, 0.4) is 0 Å². The Hall–Kier alpha value is -2.51. The molecule has 9 heteroatoms. The van der Waals surface area contributed by atoms with Crippen molar-refractivity contribution in [3.05, 3.63) is 43.5 Å². The Kier molecular flexibility index (Phi) is 3.92. The van der Waals surface area contributed by atoms with Crippen LogP contribution >= 0.6 is 15.9 Å². The van der Waals surface area contributed by atoms with Crippen LogP contribution in [0.25, 0.3) is 21.4 Å². The van der Waals surface area contributed by atoms with Crippen molar-refractivity contribution >= 4 is 38.6 Å². The van der Waals surface area contributed by atoms with E-state index in [1.807, 2.05) is 0 Å². The average Bonchev–Trinajstić information content (AvgIpc) is 2.38. The number of nitrogens with zero attached hydrogens (tertiary/aromatic N) is 3. The molecule has 0 spiro atoms. The zero-order chi connectivity index (χ0) is 14.7. The third-order valence-corrected chi connectivity index (χ3v) is 2.89. The molecular weight excluding hydrogens is 334 g/mol. The Balaban J connectivity index is 2.54. The second kappa shape index (κ2) is 5.64. The monoisotopic (exact) mass is 339 g/mol. The van der Waals surface area contributed by atoms with Crippen LogP contribution in [0.5, 0.6) is 5.75 Å². The van der Waals surface area contributed by atoms with Gasteiger partial charge in [-0.2, -0.15) is 0 Å². The van der Waals surface area contributed by atoms with Crippen molar-refractivity contribution in [1.29, 1.82) is 0 Å². The fourth-order valence-electron chi connectivity index (χ4n) is 1.48. The number of aliphatic carboxylic acids is 1. The Morgan fingerprint density at radius 2 is 2.25 bits per heavy atom. The molecule has 1 N–H and O–H groups in total. The topological polar surface area (TPSA) is 126 Å². The van der Waals surface area contributed by atoms with E-state index in [2.05, 4.69) is 26.0 Å². The van der Waals surface area contributed by atoms with Crippen LogP contribution in [-0.2, 0) is 4.79 Å². The van der Waals surface area contributed by atoms with Crippen molar-refractivity contribution < 1.29 is 19.1 Å². The molecule has 0 saturated carbocycles. The molecule has 0 aliphatic carbocycles. The molecule has 0 fully saturated rings. The predicted molar refractivity (Wildman–Crippen MR) is 72.1 cm³/mol. The molecule has 1 aromatic carbocycles. The number of azide groups is 1. The summed E-state index contributed by atoms with van der Waals surface area (Å²) in [5.41, 5.74) is 7.57. The van der Waals surface area contributed by atoms with Gasteiger partial charge in [0, 0.05) is 16.4 Å². The highest BCUT2D eigenvalue weighted by atomic mass is 79.9. The number of fused-ring (bicyclic) bond motifs is 1. The number of benzene rings is 1. The smallest absolute Gasteiger partial charge is 0.345 e. The lowest BCUT2D eigenvalue weighted by Crippen LogP contribution is -2.09. The molecule has 20 heavy (non-hydrogen) atoms. The third kappa shape index (κ3) is 2.90. The highest BCUT2D eigenvalue weighted by Crippen LogP contribution is 2.31. The van der Waals surface area contributed by atoms with Crippen LogP contribution in [0.2, 0.25) is 0 Å². The highest BCUT2D eigenvalue weighted by molar-refractivity contribution is 9.10. The van der Waals surface area contributed by atoms with Crippen molar-refractivity contribution in [3.63, 3.8) is 0 Å². The van der Waals surface area contributed by atoms with E-state index in [0.29, 0.717) is 9.86 Å². The molecule has 0 atom stereocenters. The van der Waals surface area contributed by atoms with E-state index in [4.69, 9.17) is 19.8 Å². The molecule has 0 aliphatic heterocycles. The second-order valence-corrected chi connectivity index (χ2v) is 4.47. The predicted octanol–water partition coefficient (Wildman–Crippen LogP) is 2.96. The van der Waals surface area contributed by atoms with Gasteiger partial charge in [-0.05, 0) is 33.6 Å². The zero-order valence-corrected chi connectivity index (χ0v) is 11.3. The average molecular weight is 340 g/mol. The number of carboxylic acids is 1. The Bertz CT molecular complexity index is 794. The lowest BCUT2D eigenvalue weighted by atomic mass is 10.2. The fraction of sp³-hybridized carbons (Fsp3) is 0.0909. The molecule has 0 radical (unpaired) electrons. The van der Waals surface area contributed by atoms with Gasteiger partial charge >= 0.3 is 11.6 Å². The normalized spacial score (nSPS) is 10.1. The van der Waals surface area contributed by atoms with Crippen LogP contribution in [0.1, 0.15) is 0 Å². The first kappa shape index (κ1) is 13.9. The molecule has 2 rings (SSSR count). The van der Waals surface area contributed by atoms with Crippen LogP contribution in [0.15, 0.2) is 37.0 Å². The Labute approximate surface area is 119 Å². The van der Waals surface area contributed by atoms with E-state index in [9.17, 15) is 9.59 Å². The summed E-state index contributed by atoms with van der Waals surface area (Å²) in [6, 6.07) is 4.31. The first-order chi connectivity index (χ1) is 9.51. The van der Waals surface area contributed by atoms with Gasteiger partial charge in [-0.25, -0.2) is 9.59 Å². The van der Waals surface area contributed by atoms with Crippen LogP contribution in [0, 0.1) is 0 Å². The summed E-state index contributed by atoms with van der Waals surface area (Å²) < 4.78 is 10.5. The maximum atomic E-state index is 11.5. The number of carboxylic acid groups (broad SMARTS) is 1. The summed E-state index contributed by atoms with van der Waals surface area (Å²) in [5, 5.41) is 12.3. The lowest BCUT2D eigenvalue weighted by Gasteiger charge is -2.07. The van der Waals surface area contributed by atoms with Crippen molar-refractivity contribution in [3.8, 4) is 5.75 Å². The number of ether oxygens (including phenoxy) is 1. The summed E-state index contributed by atoms with van der Waals surface area (Å²) in [6.45, 7) is -0.523. The number of carbonyl (C=O) groups is 1. The zero-order valence-electron chi connectivity index (χ0n) is 9.74. The van der Waals surface area contributed by atoms with E-state index < -0.39 is 18.2 Å². The van der Waals surface area contributed by atoms with E-state index in [1.54, 1.807) is 6.07 Å². The van der Waals surface area contributed by atoms with Gasteiger partial charge in [0.05, 0.1) is 4.47 Å². The quantitative estimate of drug-likeness (QED) is 0.396. The minimum absolute atomic E-state index is 0.161. The van der Waals surface area contributed by atoms with Gasteiger partial charge in [0.2, 0.25) is 0 Å². The first-order valence-electron chi connectivity index (χ1n) is 5.18. The van der Waals surface area contributed by atoms with Gasteiger partial charge in [-0.3, -0.25) is 0 Å². The minimum atomic E-state index is -1.13. The molecule has 1 aromatic heterocycles. The summed E-state index contributed by atoms with van der Waals surface area (Å²) in [4.78, 5) is 24.5. The SMILES string of the molecule is [N-]=[N+]=Nc1cc2cc(Br)c(OCC(=O)O)cc2oc1=O. The van der Waals surface area contributed by atoms with Gasteiger partial charge in [-0.15, -0.1) is 0 Å². The number of hydrogen-bond donors (Lipinski definition) is 1. The third-order valence-electron chi connectivity index (χ3n) is 2.27. The van der Waals surface area contributed by atoms with Crippen molar-refractivity contribution in [2.24, 2.45) is 5.11 Å². The highest BCUT2D eigenvalue weighted by Gasteiger charge is 2.10. The van der Waals surface area contributed by atoms with Crippen molar-refractivity contribution in [2.75, 3.05) is 6.61 Å². The van der Waals surface area contributed by atoms with Gasteiger partial charge in [0.15, 0.2) is 6.61 Å². The second-order valence-electron chi connectivity index (χ2n) is 3.61. The molecule has 8 nitrogen and oxygen atoms in total. The first-order valence-corrected chi connectivity index (χ1v) is 5.97. The van der Waals surface area contributed by atoms with Crippen LogP contribution in [0.4, 0.5) is 5.69 Å². The van der Waals surface area contributed by atoms with E-state index in [0.717, 1.165) is 0 Å².